The molecule has 10 heteroatoms. The summed E-state index contributed by atoms with van der Waals surface area (Å²) in [5.41, 5.74) is 3.01. The minimum absolute atomic E-state index is 0.110. The highest BCUT2D eigenvalue weighted by Crippen LogP contribution is 2.38. The molecule has 4 rings (SSSR count). The van der Waals surface area contributed by atoms with Crippen LogP contribution in [0.15, 0.2) is 12.1 Å². The van der Waals surface area contributed by atoms with Gasteiger partial charge in [-0.15, -0.1) is 0 Å². The molecular weight excluding hydrogens is 442 g/mol. The average Bonchev–Trinajstić information content (AvgIpc) is 3.08. The van der Waals surface area contributed by atoms with Gasteiger partial charge in [-0.3, -0.25) is 9.48 Å². The molecule has 0 aliphatic carbocycles. The number of halogens is 1. The van der Waals surface area contributed by atoms with Crippen molar-refractivity contribution in [3.63, 3.8) is 0 Å². The summed E-state index contributed by atoms with van der Waals surface area (Å²) < 4.78 is 36.9. The Morgan fingerprint density at radius 2 is 2.03 bits per heavy atom. The zero-order valence-electron chi connectivity index (χ0n) is 17.9. The van der Waals surface area contributed by atoms with E-state index in [0.29, 0.717) is 48.3 Å². The van der Waals surface area contributed by atoms with Gasteiger partial charge in [-0.05, 0) is 32.4 Å². The summed E-state index contributed by atoms with van der Waals surface area (Å²) in [6.07, 6.45) is 1.31. The summed E-state index contributed by atoms with van der Waals surface area (Å²) in [6, 6.07) is 3.11. The Balaban J connectivity index is 1.55. The van der Waals surface area contributed by atoms with E-state index in [9.17, 15) is 13.2 Å². The fourth-order valence-corrected chi connectivity index (χ4v) is 6.09. The van der Waals surface area contributed by atoms with Crippen LogP contribution in [0.1, 0.15) is 46.2 Å². The first-order valence-corrected chi connectivity index (χ1v) is 12.5. The molecule has 31 heavy (non-hydrogen) atoms. The molecule has 0 N–H and O–H groups in total. The number of aryl methyl sites for hydroxylation is 1. The number of ether oxygens (including phenoxy) is 2. The Kier molecular flexibility index (Phi) is 5.91. The molecule has 8 nitrogen and oxygen atoms in total. The van der Waals surface area contributed by atoms with E-state index in [-0.39, 0.29) is 23.5 Å². The highest BCUT2D eigenvalue weighted by molar-refractivity contribution is 7.91. The van der Waals surface area contributed by atoms with E-state index < -0.39 is 9.84 Å². The highest BCUT2D eigenvalue weighted by atomic mass is 35.5. The zero-order valence-corrected chi connectivity index (χ0v) is 19.4. The molecule has 1 fully saturated rings. The average molecular weight is 468 g/mol. The second kappa shape index (κ2) is 8.35. The lowest BCUT2D eigenvalue weighted by atomic mass is 10.1. The van der Waals surface area contributed by atoms with Gasteiger partial charge in [0.25, 0.3) is 5.91 Å². The van der Waals surface area contributed by atoms with Crippen molar-refractivity contribution in [2.75, 3.05) is 31.8 Å². The smallest absolute Gasteiger partial charge is 0.254 e. The molecular formula is C21H26ClN3O5S. The van der Waals surface area contributed by atoms with Gasteiger partial charge in [-0.2, -0.15) is 5.10 Å². The zero-order chi connectivity index (χ0) is 22.3. The summed E-state index contributed by atoms with van der Waals surface area (Å²) >= 11 is 6.34. The third kappa shape index (κ3) is 4.39. The van der Waals surface area contributed by atoms with Gasteiger partial charge in [0.2, 0.25) is 0 Å². The molecule has 0 radical (unpaired) electrons. The SMILES string of the molecule is Cc1nn([C@H]2CCS(=O)(=O)C2)c(C)c1CN(C)C(=O)c1cc(Cl)c2c(c1)OCCCO2. The van der Waals surface area contributed by atoms with Crippen molar-refractivity contribution >= 4 is 27.3 Å². The van der Waals surface area contributed by atoms with Crippen molar-refractivity contribution in [1.82, 2.24) is 14.7 Å². The van der Waals surface area contributed by atoms with Crippen molar-refractivity contribution in [3.05, 3.63) is 39.7 Å². The molecule has 2 aliphatic heterocycles. The Morgan fingerprint density at radius 3 is 2.74 bits per heavy atom. The lowest BCUT2D eigenvalue weighted by molar-refractivity contribution is 0.0784. The van der Waals surface area contributed by atoms with Gasteiger partial charge in [-0.25, -0.2) is 8.42 Å². The lowest BCUT2D eigenvalue weighted by Gasteiger charge is -2.19. The molecule has 1 amide bonds. The Morgan fingerprint density at radius 1 is 1.29 bits per heavy atom. The van der Waals surface area contributed by atoms with E-state index in [1.54, 1.807) is 28.8 Å². The first-order valence-electron chi connectivity index (χ1n) is 10.3. The fourth-order valence-electron chi connectivity index (χ4n) is 4.13. The van der Waals surface area contributed by atoms with E-state index in [0.717, 1.165) is 23.4 Å². The number of amides is 1. The van der Waals surface area contributed by atoms with Crippen molar-refractivity contribution < 1.29 is 22.7 Å². The van der Waals surface area contributed by atoms with E-state index in [1.165, 1.54) is 0 Å². The van der Waals surface area contributed by atoms with Gasteiger partial charge < -0.3 is 14.4 Å². The van der Waals surface area contributed by atoms with Gasteiger partial charge in [0.05, 0.1) is 41.5 Å². The van der Waals surface area contributed by atoms with Crippen molar-refractivity contribution in [1.29, 1.82) is 0 Å². The fraction of sp³-hybridized carbons (Fsp3) is 0.524. The molecule has 0 spiro atoms. The monoisotopic (exact) mass is 467 g/mol. The van der Waals surface area contributed by atoms with Crippen LogP contribution in [-0.4, -0.2) is 60.8 Å². The van der Waals surface area contributed by atoms with E-state index in [2.05, 4.69) is 5.10 Å². The quantitative estimate of drug-likeness (QED) is 0.686. The highest BCUT2D eigenvalue weighted by Gasteiger charge is 2.32. The normalized spacial score (nSPS) is 19.8. The molecule has 0 unspecified atom stereocenters. The molecule has 2 aromatic rings. The van der Waals surface area contributed by atoms with Crippen molar-refractivity contribution in [3.8, 4) is 11.5 Å². The maximum Gasteiger partial charge on any atom is 0.254 e. The van der Waals surface area contributed by atoms with Crippen LogP contribution in [0.3, 0.4) is 0 Å². The van der Waals surface area contributed by atoms with Crippen LogP contribution in [0.5, 0.6) is 11.5 Å². The number of hydrogen-bond acceptors (Lipinski definition) is 6. The van der Waals surface area contributed by atoms with Gasteiger partial charge >= 0.3 is 0 Å². The largest absolute Gasteiger partial charge is 0.489 e. The number of rotatable bonds is 4. The van der Waals surface area contributed by atoms with Crippen LogP contribution in [0, 0.1) is 13.8 Å². The minimum Gasteiger partial charge on any atom is -0.489 e. The topological polar surface area (TPSA) is 90.7 Å². The molecule has 168 valence electrons. The number of aromatic nitrogens is 2. The number of sulfone groups is 1. The molecule has 1 atom stereocenters. The van der Waals surface area contributed by atoms with E-state index >= 15 is 0 Å². The number of carbonyl (C=O) groups excluding carboxylic acids is 1. The summed E-state index contributed by atoms with van der Waals surface area (Å²) in [5, 5.41) is 4.93. The van der Waals surface area contributed by atoms with Gasteiger partial charge in [-0.1, -0.05) is 11.6 Å². The van der Waals surface area contributed by atoms with Gasteiger partial charge in [0, 0.05) is 36.8 Å². The molecule has 1 aromatic carbocycles. The van der Waals surface area contributed by atoms with Gasteiger partial charge in [0.15, 0.2) is 21.3 Å². The molecule has 2 aliphatic rings. The van der Waals surface area contributed by atoms with E-state index in [1.807, 2.05) is 13.8 Å². The van der Waals surface area contributed by atoms with Crippen molar-refractivity contribution in [2.45, 2.75) is 39.3 Å². The third-order valence-corrected chi connectivity index (χ3v) is 7.85. The number of nitrogens with zero attached hydrogens (tertiary/aromatic N) is 3. The summed E-state index contributed by atoms with van der Waals surface area (Å²) in [4.78, 5) is 14.7. The van der Waals surface area contributed by atoms with Crippen LogP contribution in [0.2, 0.25) is 5.02 Å². The number of hydrogen-bond donors (Lipinski definition) is 0. The number of carbonyl (C=O) groups is 1. The summed E-state index contributed by atoms with van der Waals surface area (Å²) in [7, 11) is -1.29. The molecule has 0 saturated carbocycles. The van der Waals surface area contributed by atoms with Gasteiger partial charge in [0.1, 0.15) is 0 Å². The number of benzene rings is 1. The first-order chi connectivity index (χ1) is 14.7. The summed E-state index contributed by atoms with van der Waals surface area (Å²) in [5.74, 6) is 1.04. The van der Waals surface area contributed by atoms with Crippen LogP contribution >= 0.6 is 11.6 Å². The maximum absolute atomic E-state index is 13.1. The number of fused-ring (bicyclic) bond motifs is 1. The molecule has 3 heterocycles. The second-order valence-corrected chi connectivity index (χ2v) is 10.8. The first kappa shape index (κ1) is 22.0. The van der Waals surface area contributed by atoms with Crippen LogP contribution in [0.25, 0.3) is 0 Å². The van der Waals surface area contributed by atoms with Crippen LogP contribution in [-0.2, 0) is 16.4 Å². The van der Waals surface area contributed by atoms with E-state index in [4.69, 9.17) is 21.1 Å². The predicted molar refractivity (Wildman–Crippen MR) is 117 cm³/mol. The second-order valence-electron chi connectivity index (χ2n) is 8.15. The van der Waals surface area contributed by atoms with Crippen molar-refractivity contribution in [2.24, 2.45) is 0 Å². The molecule has 1 saturated heterocycles. The third-order valence-electron chi connectivity index (χ3n) is 5.82. The Bertz CT molecular complexity index is 1130. The predicted octanol–water partition coefficient (Wildman–Crippen LogP) is 2.95. The molecule has 1 aromatic heterocycles. The standard InChI is InChI=1S/C21H26ClN3O5S/c1-13-17(14(2)25(23-13)16-5-8-31(27,28)12-16)11-24(3)21(26)15-9-18(22)20-19(10-15)29-6-4-7-30-20/h9-10,16H,4-8,11-12H2,1-3H3/t16-/m0/s1. The molecule has 0 bridgehead atoms. The van der Waals surface area contributed by atoms with Crippen LogP contribution < -0.4 is 9.47 Å². The minimum atomic E-state index is -3.01. The Labute approximate surface area is 187 Å². The maximum atomic E-state index is 13.1. The summed E-state index contributed by atoms with van der Waals surface area (Å²) in [6.45, 7) is 5.17. The van der Waals surface area contributed by atoms with Crippen LogP contribution in [0.4, 0.5) is 0 Å². The Hall–Kier alpha value is -2.26. The lowest BCUT2D eigenvalue weighted by Crippen LogP contribution is -2.27.